The summed E-state index contributed by atoms with van der Waals surface area (Å²) in [7, 11) is 0. The second kappa shape index (κ2) is 3.85. The number of halogens is 3. The molecule has 0 rings (SSSR count). The van der Waals surface area contributed by atoms with E-state index in [0.29, 0.717) is 10.1 Å². The quantitative estimate of drug-likeness (QED) is 0.564. The molecule has 3 heteroatoms. The topological polar surface area (TPSA) is 0 Å². The van der Waals surface area contributed by atoms with E-state index >= 15 is 0 Å². The van der Waals surface area contributed by atoms with Crippen molar-refractivity contribution in [3.8, 4) is 0 Å². The van der Waals surface area contributed by atoms with Gasteiger partial charge in [-0.25, -0.2) is 0 Å². The normalized spacial score (nSPS) is 15.0. The lowest BCUT2D eigenvalue weighted by Crippen LogP contribution is -2.06. The zero-order valence-electron chi connectivity index (χ0n) is 6.34. The third kappa shape index (κ3) is 3.14. The van der Waals surface area contributed by atoms with Gasteiger partial charge < -0.3 is 0 Å². The van der Waals surface area contributed by atoms with Crippen molar-refractivity contribution in [2.45, 2.75) is 20.8 Å². The van der Waals surface area contributed by atoms with Crippen molar-refractivity contribution in [2.24, 2.45) is 5.41 Å². The molecule has 0 nitrogen and oxygen atoms in total. The molecule has 0 saturated carbocycles. The fourth-order valence-corrected chi connectivity index (χ4v) is 1.02. The zero-order valence-corrected chi connectivity index (χ0v) is 8.61. The predicted octanol–water partition coefficient (Wildman–Crippen LogP) is 3.96. The summed E-state index contributed by atoms with van der Waals surface area (Å²) in [5, 5.41) is 1.18. The number of hydrogen-bond acceptors (Lipinski definition) is 0. The summed E-state index contributed by atoms with van der Waals surface area (Å²) in [4.78, 5) is 0. The van der Waals surface area contributed by atoms with Gasteiger partial charge in [-0.2, -0.15) is 0 Å². The molecule has 0 amide bonds. The molecule has 0 heterocycles. The summed E-state index contributed by atoms with van der Waals surface area (Å²) in [5.74, 6) is 0.289. The summed E-state index contributed by atoms with van der Waals surface area (Å²) in [5.41, 5.74) is -0.0898. The third-order valence-electron chi connectivity index (χ3n) is 1.01. The highest BCUT2D eigenvalue weighted by atomic mass is 35.5. The van der Waals surface area contributed by atoms with Crippen LogP contribution < -0.4 is 0 Å². The summed E-state index contributed by atoms with van der Waals surface area (Å²) >= 11 is 17.1. The largest absolute Gasteiger partial charge is 0.121 e. The minimum atomic E-state index is -0.0898. The molecule has 0 aromatic heterocycles. The number of allylic oxidation sites excluding steroid dienone is 2. The highest BCUT2D eigenvalue weighted by Crippen LogP contribution is 2.32. The molecule has 0 aliphatic rings. The van der Waals surface area contributed by atoms with Gasteiger partial charge in [0.25, 0.3) is 0 Å². The zero-order chi connectivity index (χ0) is 8.36. The number of hydrogen-bond donors (Lipinski definition) is 0. The van der Waals surface area contributed by atoms with Gasteiger partial charge >= 0.3 is 0 Å². The lowest BCUT2D eigenvalue weighted by atomic mass is 9.96. The van der Waals surface area contributed by atoms with Crippen LogP contribution in [0.1, 0.15) is 20.8 Å². The molecule has 0 spiro atoms. The van der Waals surface area contributed by atoms with E-state index in [4.69, 9.17) is 34.8 Å². The van der Waals surface area contributed by atoms with E-state index in [1.165, 1.54) is 0 Å². The van der Waals surface area contributed by atoms with Crippen LogP contribution in [0, 0.1) is 5.41 Å². The molecule has 0 radical (unpaired) electrons. The first-order valence-electron chi connectivity index (χ1n) is 3.00. The van der Waals surface area contributed by atoms with Gasteiger partial charge in [0.1, 0.15) is 0 Å². The summed E-state index contributed by atoms with van der Waals surface area (Å²) in [6, 6.07) is 0. The van der Waals surface area contributed by atoms with Crippen LogP contribution in [-0.2, 0) is 0 Å². The summed E-state index contributed by atoms with van der Waals surface area (Å²) in [6.07, 6.45) is 0. The second-order valence-corrected chi connectivity index (χ2v) is 4.20. The Balaban J connectivity index is 4.47. The molecule has 0 atom stereocenters. The van der Waals surface area contributed by atoms with Crippen molar-refractivity contribution in [2.75, 3.05) is 5.88 Å². The van der Waals surface area contributed by atoms with Gasteiger partial charge in [-0.1, -0.05) is 44.0 Å². The van der Waals surface area contributed by atoms with E-state index in [0.717, 1.165) is 0 Å². The molecule has 0 fully saturated rings. The van der Waals surface area contributed by atoms with Crippen molar-refractivity contribution in [1.82, 2.24) is 0 Å². The molecule has 0 saturated heterocycles. The van der Waals surface area contributed by atoms with E-state index in [2.05, 4.69) is 0 Å². The average molecular weight is 202 g/mol. The molecule has 0 aromatic carbocycles. The van der Waals surface area contributed by atoms with Crippen LogP contribution in [0.5, 0.6) is 0 Å². The Morgan fingerprint density at radius 3 is 1.70 bits per heavy atom. The van der Waals surface area contributed by atoms with Gasteiger partial charge in [-0.15, -0.1) is 11.6 Å². The molecule has 0 aromatic rings. The standard InChI is InChI=1S/C7H11Cl3/c1-7(2,3)6(10)5(9)4-8/h4H2,1-3H3/b6-5+. The van der Waals surface area contributed by atoms with Crippen LogP contribution >= 0.6 is 34.8 Å². The maximum Gasteiger partial charge on any atom is 0.0593 e. The maximum absolute atomic E-state index is 5.87. The monoisotopic (exact) mass is 200 g/mol. The van der Waals surface area contributed by atoms with Gasteiger partial charge in [0, 0.05) is 10.1 Å². The molecule has 0 unspecified atom stereocenters. The fourth-order valence-electron chi connectivity index (χ4n) is 0.466. The first kappa shape index (κ1) is 10.6. The minimum Gasteiger partial charge on any atom is -0.121 e. The van der Waals surface area contributed by atoms with Gasteiger partial charge in [-0.05, 0) is 5.41 Å². The van der Waals surface area contributed by atoms with Crippen LogP contribution in [0.4, 0.5) is 0 Å². The molecular formula is C7H11Cl3. The van der Waals surface area contributed by atoms with E-state index in [9.17, 15) is 0 Å². The Kier molecular flexibility index (Phi) is 4.08. The summed E-state index contributed by atoms with van der Waals surface area (Å²) in [6.45, 7) is 5.97. The molecule has 10 heavy (non-hydrogen) atoms. The number of rotatable bonds is 1. The second-order valence-electron chi connectivity index (χ2n) is 3.10. The maximum atomic E-state index is 5.87. The first-order valence-corrected chi connectivity index (χ1v) is 4.29. The van der Waals surface area contributed by atoms with E-state index in [-0.39, 0.29) is 11.3 Å². The summed E-state index contributed by atoms with van der Waals surface area (Å²) < 4.78 is 0. The van der Waals surface area contributed by atoms with Gasteiger partial charge in [-0.3, -0.25) is 0 Å². The molecule has 0 aliphatic heterocycles. The van der Waals surface area contributed by atoms with Crippen molar-refractivity contribution in [3.05, 3.63) is 10.1 Å². The van der Waals surface area contributed by atoms with Crippen molar-refractivity contribution in [3.63, 3.8) is 0 Å². The molecular weight excluding hydrogens is 190 g/mol. The lowest BCUT2D eigenvalue weighted by molar-refractivity contribution is 0.529. The Labute approximate surface area is 77.1 Å². The Morgan fingerprint density at radius 2 is 1.60 bits per heavy atom. The van der Waals surface area contributed by atoms with Crippen molar-refractivity contribution >= 4 is 34.8 Å². The first-order chi connectivity index (χ1) is 4.39. The smallest absolute Gasteiger partial charge is 0.0593 e. The van der Waals surface area contributed by atoms with E-state index in [1.807, 2.05) is 20.8 Å². The Bertz CT molecular complexity index is 141. The van der Waals surface area contributed by atoms with Crippen molar-refractivity contribution < 1.29 is 0 Å². The Morgan fingerprint density at radius 1 is 1.20 bits per heavy atom. The van der Waals surface area contributed by atoms with Crippen LogP contribution in [0.3, 0.4) is 0 Å². The molecule has 0 N–H and O–H groups in total. The van der Waals surface area contributed by atoms with Gasteiger partial charge in [0.2, 0.25) is 0 Å². The average Bonchev–Trinajstić information content (AvgIpc) is 1.83. The third-order valence-corrected chi connectivity index (χ3v) is 2.63. The SMILES string of the molecule is CC(C)(C)/C(Cl)=C(\Cl)CCl. The molecule has 0 aliphatic carbocycles. The van der Waals surface area contributed by atoms with Gasteiger partial charge in [0.15, 0.2) is 0 Å². The van der Waals surface area contributed by atoms with Crippen LogP contribution in [0.15, 0.2) is 10.1 Å². The Hall–Kier alpha value is 0.610. The lowest BCUT2D eigenvalue weighted by Gasteiger charge is -2.18. The van der Waals surface area contributed by atoms with E-state index in [1.54, 1.807) is 0 Å². The van der Waals surface area contributed by atoms with Crippen LogP contribution in [0.25, 0.3) is 0 Å². The van der Waals surface area contributed by atoms with Gasteiger partial charge in [0.05, 0.1) is 5.88 Å². The molecule has 0 bridgehead atoms. The number of alkyl halides is 1. The van der Waals surface area contributed by atoms with Crippen LogP contribution in [0.2, 0.25) is 0 Å². The fraction of sp³-hybridized carbons (Fsp3) is 0.714. The highest BCUT2D eigenvalue weighted by Gasteiger charge is 2.17. The van der Waals surface area contributed by atoms with Crippen LogP contribution in [-0.4, -0.2) is 5.88 Å². The molecule has 60 valence electrons. The highest BCUT2D eigenvalue weighted by molar-refractivity contribution is 6.42. The van der Waals surface area contributed by atoms with Crippen molar-refractivity contribution in [1.29, 1.82) is 0 Å². The van der Waals surface area contributed by atoms with E-state index < -0.39 is 0 Å². The predicted molar refractivity (Wildman–Crippen MR) is 48.9 cm³/mol. The minimum absolute atomic E-state index is 0.0898.